The van der Waals surface area contributed by atoms with Gasteiger partial charge in [0.1, 0.15) is 6.04 Å². The highest BCUT2D eigenvalue weighted by Gasteiger charge is 2.46. The van der Waals surface area contributed by atoms with Crippen molar-refractivity contribution in [3.05, 3.63) is 29.3 Å². The summed E-state index contributed by atoms with van der Waals surface area (Å²) in [6.45, 7) is 9.81. The molecule has 0 radical (unpaired) electrons. The van der Waals surface area contributed by atoms with E-state index in [0.29, 0.717) is 82.3 Å². The molecule has 4 amide bonds. The maximum Gasteiger partial charge on any atom is 0.264 e. The molecule has 1 aromatic rings. The van der Waals surface area contributed by atoms with Crippen molar-refractivity contribution in [2.45, 2.75) is 108 Å². The second-order valence-corrected chi connectivity index (χ2v) is 14.5. The molecule has 0 bridgehead atoms. The first-order valence-electron chi connectivity index (χ1n) is 19.5. The quantitative estimate of drug-likeness (QED) is 0.0840. The predicted molar refractivity (Wildman–Crippen MR) is 194 cm³/mol. The number of imide groups is 2. The summed E-state index contributed by atoms with van der Waals surface area (Å²) in [5.74, 6) is -1.37. The Bertz CT molecular complexity index is 1400. The molecular weight excluding hydrogens is 668 g/mol. The van der Waals surface area contributed by atoms with E-state index in [1.54, 1.807) is 18.2 Å². The van der Waals surface area contributed by atoms with Crippen LogP contribution >= 0.6 is 0 Å². The highest BCUT2D eigenvalue weighted by Crippen LogP contribution is 2.32. The molecule has 4 heterocycles. The second kappa shape index (κ2) is 18.8. The van der Waals surface area contributed by atoms with E-state index in [-0.39, 0.29) is 24.0 Å². The number of rotatable bonds is 20. The second-order valence-electron chi connectivity index (χ2n) is 14.5. The zero-order chi connectivity index (χ0) is 36.5. The van der Waals surface area contributed by atoms with E-state index >= 15 is 0 Å². The van der Waals surface area contributed by atoms with Crippen molar-refractivity contribution in [3.8, 4) is 0 Å². The molecule has 6 N–H and O–H groups in total. The molecular formula is C37H58N8O7. The number of hydrazine groups is 1. The van der Waals surface area contributed by atoms with Crippen molar-refractivity contribution in [1.82, 2.24) is 36.6 Å². The van der Waals surface area contributed by atoms with Crippen LogP contribution in [0.5, 0.6) is 0 Å². The molecule has 4 aliphatic heterocycles. The van der Waals surface area contributed by atoms with Crippen LogP contribution in [0.4, 0.5) is 5.69 Å². The fourth-order valence-electron chi connectivity index (χ4n) is 8.46. The van der Waals surface area contributed by atoms with Crippen LogP contribution in [-0.4, -0.2) is 129 Å². The summed E-state index contributed by atoms with van der Waals surface area (Å²) in [6.07, 6.45) is 9.28. The topological polar surface area (TPSA) is 175 Å². The molecule has 288 valence electrons. The molecule has 4 unspecified atom stereocenters. The van der Waals surface area contributed by atoms with Crippen LogP contribution in [-0.2, 0) is 23.8 Å². The van der Waals surface area contributed by atoms with Gasteiger partial charge in [0.25, 0.3) is 11.8 Å². The van der Waals surface area contributed by atoms with Gasteiger partial charge in [-0.25, -0.2) is 5.01 Å². The Morgan fingerprint density at radius 3 is 2.33 bits per heavy atom. The van der Waals surface area contributed by atoms with Gasteiger partial charge in [0.2, 0.25) is 11.8 Å². The Kier molecular flexibility index (Phi) is 14.0. The van der Waals surface area contributed by atoms with E-state index in [1.165, 1.54) is 25.7 Å². The van der Waals surface area contributed by atoms with Crippen LogP contribution in [0.15, 0.2) is 18.2 Å². The molecule has 52 heavy (non-hydrogen) atoms. The van der Waals surface area contributed by atoms with Crippen molar-refractivity contribution in [1.29, 1.82) is 0 Å². The lowest BCUT2D eigenvalue weighted by Gasteiger charge is -2.45. The van der Waals surface area contributed by atoms with E-state index in [9.17, 15) is 19.2 Å². The number of nitrogens with zero attached hydrogens (tertiary/aromatic N) is 2. The number of amides is 4. The first-order valence-corrected chi connectivity index (χ1v) is 19.5. The smallest absolute Gasteiger partial charge is 0.264 e. The molecule has 4 fully saturated rings. The van der Waals surface area contributed by atoms with Gasteiger partial charge in [0.15, 0.2) is 0 Å². The molecule has 15 nitrogen and oxygen atoms in total. The predicted octanol–water partition coefficient (Wildman–Crippen LogP) is 1.31. The third-order valence-corrected chi connectivity index (χ3v) is 11.2. The zero-order valence-electron chi connectivity index (χ0n) is 30.8. The number of carbonyl (C=O) groups excluding carboxylic acids is 4. The summed E-state index contributed by atoms with van der Waals surface area (Å²) in [7, 11) is 0. The molecule has 0 aromatic heterocycles. The number of anilines is 1. The monoisotopic (exact) mass is 726 g/mol. The summed E-state index contributed by atoms with van der Waals surface area (Å²) < 4.78 is 17.1. The SMILES string of the molecule is CCC(CC)C1CC(N[C@H]2CC[C@H](NCCOCCOCCOCCNc3cccc4c3C(=O)N(C3CCC(=O)NC3=O)C4=O)C2)N2NCCC2N1. The molecule has 0 spiro atoms. The molecule has 5 aliphatic rings. The molecule has 1 aliphatic carbocycles. The zero-order valence-corrected chi connectivity index (χ0v) is 30.8. The van der Waals surface area contributed by atoms with Crippen LogP contribution in [0.3, 0.4) is 0 Å². The number of hydrogen-bond donors (Lipinski definition) is 6. The number of benzene rings is 1. The van der Waals surface area contributed by atoms with E-state index in [0.717, 1.165) is 43.2 Å². The van der Waals surface area contributed by atoms with Crippen LogP contribution in [0, 0.1) is 5.92 Å². The average Bonchev–Trinajstić information content (AvgIpc) is 3.86. The van der Waals surface area contributed by atoms with Gasteiger partial charge in [0.05, 0.1) is 63.1 Å². The highest BCUT2D eigenvalue weighted by molar-refractivity contribution is 6.25. The number of piperidine rings is 1. The minimum absolute atomic E-state index is 0.0792. The van der Waals surface area contributed by atoms with Crippen LogP contribution in [0.1, 0.15) is 92.4 Å². The van der Waals surface area contributed by atoms with E-state index in [1.807, 2.05) is 0 Å². The number of hydrogen-bond acceptors (Lipinski definition) is 13. The van der Waals surface area contributed by atoms with Gasteiger partial charge in [-0.1, -0.05) is 32.8 Å². The van der Waals surface area contributed by atoms with E-state index in [2.05, 4.69) is 50.9 Å². The Morgan fingerprint density at radius 2 is 1.58 bits per heavy atom. The fourth-order valence-corrected chi connectivity index (χ4v) is 8.46. The maximum absolute atomic E-state index is 13.2. The lowest BCUT2D eigenvalue weighted by atomic mass is 9.89. The minimum Gasteiger partial charge on any atom is -0.382 e. The van der Waals surface area contributed by atoms with Gasteiger partial charge in [-0.3, -0.25) is 45.5 Å². The van der Waals surface area contributed by atoms with Crippen molar-refractivity contribution < 1.29 is 33.4 Å². The largest absolute Gasteiger partial charge is 0.382 e. The third-order valence-electron chi connectivity index (χ3n) is 11.2. The standard InChI is InChI=1S/C37H58N8O7/c1-3-24(4-2)29-23-32(45-31(42-29)12-13-40-45)41-26-9-8-25(22-26)38-14-16-50-18-20-52-21-19-51-17-15-39-28-7-5-6-27-34(28)37(49)44(36(27)48)30-10-11-33(46)43-35(30)47/h5-7,24-26,29-32,38-42H,3-4,8-23H2,1-2H3,(H,43,46,47)/t25-,26-,29?,30?,31?,32?/m0/s1. The number of carbonyl (C=O) groups is 4. The summed E-state index contributed by atoms with van der Waals surface area (Å²) in [5, 5.41) is 19.4. The minimum atomic E-state index is -0.996. The number of fused-ring (bicyclic) bond motifs is 2. The molecule has 1 aromatic carbocycles. The lowest BCUT2D eigenvalue weighted by molar-refractivity contribution is -0.136. The summed E-state index contributed by atoms with van der Waals surface area (Å²) in [5.41, 5.74) is 4.59. The molecule has 1 saturated carbocycles. The van der Waals surface area contributed by atoms with Gasteiger partial charge in [-0.15, -0.1) is 0 Å². The Morgan fingerprint density at radius 1 is 0.846 bits per heavy atom. The van der Waals surface area contributed by atoms with Crippen LogP contribution in [0.25, 0.3) is 0 Å². The van der Waals surface area contributed by atoms with Crippen molar-refractivity contribution >= 4 is 29.3 Å². The normalized spacial score (nSPS) is 27.8. The first-order chi connectivity index (χ1) is 25.4. The van der Waals surface area contributed by atoms with Gasteiger partial charge >= 0.3 is 0 Å². The van der Waals surface area contributed by atoms with E-state index in [4.69, 9.17) is 14.2 Å². The third kappa shape index (κ3) is 9.37. The molecule has 6 atom stereocenters. The Hall–Kier alpha value is -3.02. The summed E-state index contributed by atoms with van der Waals surface area (Å²) >= 11 is 0. The van der Waals surface area contributed by atoms with Crippen molar-refractivity contribution in [2.75, 3.05) is 64.6 Å². The average molecular weight is 727 g/mol. The van der Waals surface area contributed by atoms with Crippen LogP contribution < -0.4 is 32.0 Å². The molecule has 6 rings (SSSR count). The highest BCUT2D eigenvalue weighted by atomic mass is 16.5. The summed E-state index contributed by atoms with van der Waals surface area (Å²) in [4.78, 5) is 51.0. The molecule has 15 heteroatoms. The Labute approximate surface area is 306 Å². The van der Waals surface area contributed by atoms with Crippen molar-refractivity contribution in [2.24, 2.45) is 5.92 Å². The number of nitrogens with one attached hydrogen (secondary N) is 6. The molecule has 3 saturated heterocycles. The number of ether oxygens (including phenoxy) is 3. The first kappa shape index (κ1) is 38.7. The Balaban J connectivity index is 0.783. The van der Waals surface area contributed by atoms with Gasteiger partial charge < -0.3 is 24.8 Å². The van der Waals surface area contributed by atoms with Gasteiger partial charge in [-0.05, 0) is 56.6 Å². The lowest BCUT2D eigenvalue weighted by Crippen LogP contribution is -2.66. The summed E-state index contributed by atoms with van der Waals surface area (Å²) in [6, 6.07) is 5.61. The van der Waals surface area contributed by atoms with Crippen molar-refractivity contribution in [3.63, 3.8) is 0 Å². The van der Waals surface area contributed by atoms with Gasteiger partial charge in [0, 0.05) is 49.9 Å². The maximum atomic E-state index is 13.2. The fraction of sp³-hybridized carbons (Fsp3) is 0.730. The van der Waals surface area contributed by atoms with Crippen LogP contribution in [0.2, 0.25) is 0 Å². The van der Waals surface area contributed by atoms with Gasteiger partial charge in [-0.2, -0.15) is 0 Å². The van der Waals surface area contributed by atoms with E-state index < -0.39 is 29.7 Å².